The van der Waals surface area contributed by atoms with Crippen LogP contribution in [0.3, 0.4) is 0 Å². The van der Waals surface area contributed by atoms with E-state index in [2.05, 4.69) is 39.5 Å². The van der Waals surface area contributed by atoms with Gasteiger partial charge in [-0.05, 0) is 24.1 Å². The molecular formula is C15H20N4. The molecule has 4 nitrogen and oxygen atoms in total. The van der Waals surface area contributed by atoms with Crippen LogP contribution in [-0.2, 0) is 6.42 Å². The molecule has 1 saturated heterocycles. The summed E-state index contributed by atoms with van der Waals surface area (Å²) in [6.45, 7) is 5.76. The lowest BCUT2D eigenvalue weighted by Gasteiger charge is -2.27. The van der Waals surface area contributed by atoms with Crippen LogP contribution in [0.15, 0.2) is 43.0 Å². The lowest BCUT2D eigenvalue weighted by molar-refractivity contribution is 0.244. The molecule has 19 heavy (non-hydrogen) atoms. The smallest absolute Gasteiger partial charge is 0.0991 e. The highest BCUT2D eigenvalue weighted by Crippen LogP contribution is 2.10. The van der Waals surface area contributed by atoms with Crippen LogP contribution in [-0.4, -0.2) is 47.2 Å². The minimum absolute atomic E-state index is 1.12. The molecule has 1 aromatic carbocycles. The molecule has 2 aromatic rings. The molecule has 1 aliphatic heterocycles. The topological polar surface area (TPSA) is 33.1 Å². The molecule has 0 unspecified atom stereocenters. The number of piperazine rings is 1. The van der Waals surface area contributed by atoms with Crippen molar-refractivity contribution in [1.29, 1.82) is 0 Å². The second-order valence-electron chi connectivity index (χ2n) is 4.98. The van der Waals surface area contributed by atoms with Gasteiger partial charge < -0.3 is 14.8 Å². The Kier molecular flexibility index (Phi) is 3.91. The molecule has 0 spiro atoms. The summed E-state index contributed by atoms with van der Waals surface area (Å²) in [5, 5.41) is 3.39. The second-order valence-corrected chi connectivity index (χ2v) is 4.98. The molecule has 0 amide bonds. The molecule has 1 N–H and O–H groups in total. The van der Waals surface area contributed by atoms with E-state index in [1.54, 1.807) is 6.20 Å². The Hall–Kier alpha value is -1.65. The van der Waals surface area contributed by atoms with E-state index in [9.17, 15) is 0 Å². The van der Waals surface area contributed by atoms with Crippen molar-refractivity contribution in [2.24, 2.45) is 0 Å². The predicted octanol–water partition coefficient (Wildman–Crippen LogP) is 1.32. The van der Waals surface area contributed by atoms with Crippen molar-refractivity contribution in [3.05, 3.63) is 48.5 Å². The summed E-state index contributed by atoms with van der Waals surface area (Å²) >= 11 is 0. The number of aromatic nitrogens is 2. The van der Waals surface area contributed by atoms with Gasteiger partial charge in [0.25, 0.3) is 0 Å². The van der Waals surface area contributed by atoms with Gasteiger partial charge in [-0.15, -0.1) is 0 Å². The predicted molar refractivity (Wildman–Crippen MR) is 76.6 cm³/mol. The van der Waals surface area contributed by atoms with E-state index in [1.807, 2.05) is 17.1 Å². The van der Waals surface area contributed by atoms with Crippen LogP contribution in [0, 0.1) is 0 Å². The highest BCUT2D eigenvalue weighted by molar-refractivity contribution is 5.34. The molecule has 1 aromatic heterocycles. The van der Waals surface area contributed by atoms with E-state index >= 15 is 0 Å². The number of hydrogen-bond donors (Lipinski definition) is 1. The van der Waals surface area contributed by atoms with Crippen molar-refractivity contribution in [2.75, 3.05) is 32.7 Å². The van der Waals surface area contributed by atoms with Crippen LogP contribution in [0.5, 0.6) is 0 Å². The maximum absolute atomic E-state index is 4.07. The van der Waals surface area contributed by atoms with Crippen molar-refractivity contribution in [3.8, 4) is 5.69 Å². The average molecular weight is 256 g/mol. The van der Waals surface area contributed by atoms with E-state index in [0.717, 1.165) is 26.1 Å². The van der Waals surface area contributed by atoms with E-state index < -0.39 is 0 Å². The van der Waals surface area contributed by atoms with Crippen LogP contribution in [0.1, 0.15) is 5.56 Å². The lowest BCUT2D eigenvalue weighted by atomic mass is 10.1. The van der Waals surface area contributed by atoms with Crippen LogP contribution >= 0.6 is 0 Å². The Morgan fingerprint density at radius 2 is 1.89 bits per heavy atom. The Bertz CT molecular complexity index is 483. The van der Waals surface area contributed by atoms with Gasteiger partial charge in [0, 0.05) is 50.8 Å². The Labute approximate surface area is 114 Å². The zero-order valence-electron chi connectivity index (χ0n) is 11.1. The molecule has 0 radical (unpaired) electrons. The molecule has 0 saturated carbocycles. The van der Waals surface area contributed by atoms with E-state index in [4.69, 9.17) is 0 Å². The fourth-order valence-electron chi connectivity index (χ4n) is 2.47. The minimum atomic E-state index is 1.12. The first kappa shape index (κ1) is 12.4. The van der Waals surface area contributed by atoms with Gasteiger partial charge in [0.1, 0.15) is 0 Å². The zero-order valence-corrected chi connectivity index (χ0v) is 11.1. The fourth-order valence-corrected chi connectivity index (χ4v) is 2.47. The second kappa shape index (κ2) is 5.99. The minimum Gasteiger partial charge on any atom is -0.314 e. The molecular weight excluding hydrogens is 236 g/mol. The summed E-state index contributed by atoms with van der Waals surface area (Å²) < 4.78 is 2.03. The highest BCUT2D eigenvalue weighted by atomic mass is 15.2. The molecule has 0 bridgehead atoms. The van der Waals surface area contributed by atoms with Crippen LogP contribution in [0.2, 0.25) is 0 Å². The molecule has 0 aliphatic carbocycles. The van der Waals surface area contributed by atoms with Gasteiger partial charge in [-0.1, -0.05) is 12.1 Å². The highest BCUT2D eigenvalue weighted by Gasteiger charge is 2.08. The van der Waals surface area contributed by atoms with Gasteiger partial charge >= 0.3 is 0 Å². The standard InChI is InChI=1S/C15H20N4/c1-3-15(19-12-8-17-13-19)4-2-14(1)5-9-18-10-6-16-7-11-18/h1-4,8,12-13,16H,5-7,9-11H2. The normalized spacial score (nSPS) is 16.6. The summed E-state index contributed by atoms with van der Waals surface area (Å²) in [4.78, 5) is 6.60. The van der Waals surface area contributed by atoms with E-state index in [0.29, 0.717) is 0 Å². The van der Waals surface area contributed by atoms with Gasteiger partial charge in [0.15, 0.2) is 0 Å². The largest absolute Gasteiger partial charge is 0.314 e. The third-order valence-corrected chi connectivity index (χ3v) is 3.67. The van der Waals surface area contributed by atoms with Crippen LogP contribution < -0.4 is 5.32 Å². The molecule has 1 fully saturated rings. The molecule has 3 rings (SSSR count). The van der Waals surface area contributed by atoms with Gasteiger partial charge in [0.2, 0.25) is 0 Å². The number of benzene rings is 1. The van der Waals surface area contributed by atoms with Gasteiger partial charge in [-0.3, -0.25) is 0 Å². The Balaban J connectivity index is 1.57. The number of nitrogens with zero attached hydrogens (tertiary/aromatic N) is 3. The first-order valence-corrected chi connectivity index (χ1v) is 6.92. The first-order valence-electron chi connectivity index (χ1n) is 6.92. The lowest BCUT2D eigenvalue weighted by Crippen LogP contribution is -2.44. The number of nitrogens with one attached hydrogen (secondary N) is 1. The van der Waals surface area contributed by atoms with Crippen molar-refractivity contribution < 1.29 is 0 Å². The van der Waals surface area contributed by atoms with Crippen molar-refractivity contribution in [1.82, 2.24) is 19.8 Å². The summed E-state index contributed by atoms with van der Waals surface area (Å²) in [6.07, 6.45) is 6.73. The zero-order chi connectivity index (χ0) is 12.9. The SMILES string of the molecule is c1cn(-c2ccc(CCN3CCNCC3)cc2)cn1. The van der Waals surface area contributed by atoms with Gasteiger partial charge in [-0.2, -0.15) is 0 Å². The maximum atomic E-state index is 4.07. The molecule has 0 atom stereocenters. The third-order valence-electron chi connectivity index (χ3n) is 3.67. The average Bonchev–Trinajstić information content (AvgIpc) is 3.01. The van der Waals surface area contributed by atoms with Gasteiger partial charge in [0.05, 0.1) is 6.33 Å². The number of rotatable bonds is 4. The van der Waals surface area contributed by atoms with E-state index in [-0.39, 0.29) is 0 Å². The summed E-state index contributed by atoms with van der Waals surface area (Å²) in [7, 11) is 0. The number of hydrogen-bond acceptors (Lipinski definition) is 3. The fraction of sp³-hybridized carbons (Fsp3) is 0.400. The summed E-state index contributed by atoms with van der Waals surface area (Å²) in [6, 6.07) is 8.76. The van der Waals surface area contributed by atoms with Crippen molar-refractivity contribution in [2.45, 2.75) is 6.42 Å². The monoisotopic (exact) mass is 256 g/mol. The molecule has 2 heterocycles. The third kappa shape index (κ3) is 3.22. The van der Waals surface area contributed by atoms with Crippen LogP contribution in [0.25, 0.3) is 5.69 Å². The van der Waals surface area contributed by atoms with E-state index in [1.165, 1.54) is 24.3 Å². The summed E-state index contributed by atoms with van der Waals surface area (Å²) in [5.74, 6) is 0. The summed E-state index contributed by atoms with van der Waals surface area (Å²) in [5.41, 5.74) is 2.57. The number of imidazole rings is 1. The van der Waals surface area contributed by atoms with Gasteiger partial charge in [-0.25, -0.2) is 4.98 Å². The molecule has 1 aliphatic rings. The maximum Gasteiger partial charge on any atom is 0.0991 e. The molecule has 4 heteroatoms. The quantitative estimate of drug-likeness (QED) is 0.895. The Morgan fingerprint density at radius 1 is 1.11 bits per heavy atom. The van der Waals surface area contributed by atoms with Crippen LogP contribution in [0.4, 0.5) is 0 Å². The Morgan fingerprint density at radius 3 is 2.58 bits per heavy atom. The molecule has 100 valence electrons. The van der Waals surface area contributed by atoms with Crippen molar-refractivity contribution in [3.63, 3.8) is 0 Å². The van der Waals surface area contributed by atoms with Crippen molar-refractivity contribution >= 4 is 0 Å². The first-order chi connectivity index (χ1) is 9.42.